The van der Waals surface area contributed by atoms with Crippen LogP contribution in [0.2, 0.25) is 0 Å². The summed E-state index contributed by atoms with van der Waals surface area (Å²) < 4.78 is 30.8. The van der Waals surface area contributed by atoms with Crippen molar-refractivity contribution in [1.82, 2.24) is 10.4 Å². The molecule has 2 aliphatic heterocycles. The molecule has 0 spiro atoms. The Morgan fingerprint density at radius 3 is 2.53 bits per heavy atom. The Labute approximate surface area is 102 Å². The summed E-state index contributed by atoms with van der Waals surface area (Å²) in [7, 11) is -1.69. The molecule has 0 amide bonds. The number of nitrogens with zero attached hydrogens (tertiary/aromatic N) is 2. The lowest BCUT2D eigenvalue weighted by Crippen LogP contribution is -2.58. The van der Waals surface area contributed by atoms with Crippen LogP contribution in [0.5, 0.6) is 0 Å². The first-order valence-electron chi connectivity index (χ1n) is 5.82. The van der Waals surface area contributed by atoms with Gasteiger partial charge in [-0.05, 0) is 0 Å². The highest BCUT2D eigenvalue weighted by Gasteiger charge is 2.37. The number of likely N-dealkylation sites (N-methyl/N-ethyl adjacent to an activating group) is 1. The lowest BCUT2D eigenvalue weighted by atomic mass is 10.2. The van der Waals surface area contributed by atoms with Crippen molar-refractivity contribution in [3.8, 4) is 0 Å². The van der Waals surface area contributed by atoms with Crippen molar-refractivity contribution >= 4 is 10.1 Å². The van der Waals surface area contributed by atoms with Crippen molar-refractivity contribution in [3.05, 3.63) is 0 Å². The van der Waals surface area contributed by atoms with E-state index < -0.39 is 10.1 Å². The Bertz CT molecular complexity index is 360. The lowest BCUT2D eigenvalue weighted by molar-refractivity contribution is -0.913. The Kier molecular flexibility index (Phi) is 3.71. The molecular formula is C9H20N3O4S+. The number of hydrogen-bond donors (Lipinski definition) is 2. The molecule has 2 N–H and O–H groups in total. The zero-order chi connectivity index (χ0) is 12.5. The molecule has 8 heteroatoms. The van der Waals surface area contributed by atoms with Gasteiger partial charge in [0.05, 0.1) is 45.5 Å². The van der Waals surface area contributed by atoms with Crippen molar-refractivity contribution < 1.29 is 22.3 Å². The van der Waals surface area contributed by atoms with Crippen LogP contribution >= 0.6 is 0 Å². The molecular weight excluding hydrogens is 246 g/mol. The largest absolute Gasteiger partial charge is 0.324 e. The van der Waals surface area contributed by atoms with Gasteiger partial charge in [0.1, 0.15) is 0 Å². The average molecular weight is 266 g/mol. The molecule has 2 fully saturated rings. The first-order valence-corrected chi connectivity index (χ1v) is 7.43. The summed E-state index contributed by atoms with van der Waals surface area (Å²) in [4.78, 5) is 7.22. The van der Waals surface area contributed by atoms with E-state index in [1.54, 1.807) is 0 Å². The Morgan fingerprint density at radius 2 is 2.06 bits per heavy atom. The Morgan fingerprint density at radius 1 is 1.47 bits per heavy atom. The van der Waals surface area contributed by atoms with Crippen LogP contribution in [0.15, 0.2) is 0 Å². The van der Waals surface area contributed by atoms with Crippen molar-refractivity contribution in [2.24, 2.45) is 0 Å². The molecule has 1 unspecified atom stereocenters. The third-order valence-electron chi connectivity index (χ3n) is 3.51. The number of rotatable bonds is 5. The van der Waals surface area contributed by atoms with Crippen molar-refractivity contribution in [1.29, 1.82) is 0 Å². The summed E-state index contributed by atoms with van der Waals surface area (Å²) in [6.45, 7) is 4.63. The van der Waals surface area contributed by atoms with Crippen LogP contribution < -0.4 is 5.48 Å². The molecule has 0 saturated carbocycles. The van der Waals surface area contributed by atoms with E-state index in [2.05, 4.69) is 17.4 Å². The van der Waals surface area contributed by atoms with Gasteiger partial charge in [0.25, 0.3) is 10.1 Å². The van der Waals surface area contributed by atoms with Gasteiger partial charge in [0.15, 0.2) is 0 Å². The van der Waals surface area contributed by atoms with Crippen LogP contribution in [-0.2, 0) is 15.0 Å². The van der Waals surface area contributed by atoms with Crippen LogP contribution in [0.3, 0.4) is 0 Å². The van der Waals surface area contributed by atoms with Gasteiger partial charge in [0, 0.05) is 6.42 Å². The minimum Gasteiger partial charge on any atom is -0.324 e. The smallest absolute Gasteiger partial charge is 0.265 e. The molecule has 1 atom stereocenters. The second kappa shape index (κ2) is 4.79. The summed E-state index contributed by atoms with van der Waals surface area (Å²) in [5.41, 5.74) is 2.80. The molecule has 0 aliphatic carbocycles. The number of hydrogen-bond acceptors (Lipinski definition) is 5. The van der Waals surface area contributed by atoms with E-state index in [0.29, 0.717) is 6.42 Å². The molecule has 0 radical (unpaired) electrons. The molecule has 0 aromatic carbocycles. The molecule has 0 bridgehead atoms. The monoisotopic (exact) mass is 266 g/mol. The maximum atomic E-state index is 10.6. The van der Waals surface area contributed by atoms with Crippen LogP contribution in [-0.4, -0.2) is 74.2 Å². The zero-order valence-corrected chi connectivity index (χ0v) is 10.8. The second-order valence-electron chi connectivity index (χ2n) is 5.05. The third kappa shape index (κ3) is 4.16. The van der Waals surface area contributed by atoms with Crippen LogP contribution in [0.25, 0.3) is 0 Å². The van der Waals surface area contributed by atoms with Gasteiger partial charge < -0.3 is 4.48 Å². The zero-order valence-electron chi connectivity index (χ0n) is 10.0. The fourth-order valence-electron chi connectivity index (χ4n) is 2.23. The summed E-state index contributed by atoms with van der Waals surface area (Å²) in [5, 5.41) is 0. The van der Waals surface area contributed by atoms with E-state index in [4.69, 9.17) is 9.39 Å². The maximum absolute atomic E-state index is 10.6. The second-order valence-corrected chi connectivity index (χ2v) is 6.63. The fourth-order valence-corrected chi connectivity index (χ4v) is 2.72. The molecule has 0 aromatic heterocycles. The highest BCUT2D eigenvalue weighted by molar-refractivity contribution is 7.85. The normalized spacial score (nSPS) is 29.2. The van der Waals surface area contributed by atoms with Gasteiger partial charge in [-0.2, -0.15) is 13.9 Å². The number of hydroxylamine groups is 1. The van der Waals surface area contributed by atoms with Gasteiger partial charge >= 0.3 is 0 Å². The summed E-state index contributed by atoms with van der Waals surface area (Å²) in [5.74, 6) is -0.141. The molecule has 100 valence electrons. The van der Waals surface area contributed by atoms with Crippen LogP contribution in [0.4, 0.5) is 0 Å². The predicted octanol–water partition coefficient (Wildman–Crippen LogP) is -1.16. The summed E-state index contributed by atoms with van der Waals surface area (Å²) >= 11 is 0. The van der Waals surface area contributed by atoms with Crippen molar-refractivity contribution in [2.75, 3.05) is 45.5 Å². The van der Waals surface area contributed by atoms with Crippen LogP contribution in [0.1, 0.15) is 6.42 Å². The Balaban J connectivity index is 1.72. The molecule has 7 nitrogen and oxygen atoms in total. The minimum atomic E-state index is -3.82. The lowest BCUT2D eigenvalue weighted by Gasteiger charge is -2.41. The topological polar surface area (TPSA) is 92.1 Å². The standard InChI is InChI=1S/C9H19N3O4S/c1-12(5-2-8-17(13,14)15)6-3-11(4-7-12)9-10-16-9/h9-10H,2-8H2,1H3/p+1. The summed E-state index contributed by atoms with van der Waals surface area (Å²) in [6.07, 6.45) is 0.592. The Hall–Kier alpha value is -0.250. The van der Waals surface area contributed by atoms with Crippen LogP contribution in [0, 0.1) is 0 Å². The quantitative estimate of drug-likeness (QED) is 0.371. The first-order chi connectivity index (χ1) is 7.88. The highest BCUT2D eigenvalue weighted by Crippen LogP contribution is 2.16. The molecule has 2 aliphatic rings. The number of quaternary nitrogens is 1. The molecule has 2 rings (SSSR count). The molecule has 2 saturated heterocycles. The van der Waals surface area contributed by atoms with Crippen molar-refractivity contribution in [2.45, 2.75) is 12.8 Å². The SMILES string of the molecule is C[N+]1(CCCS(=O)(=O)O)CCN(C2NO2)CC1. The number of nitrogens with one attached hydrogen (secondary N) is 1. The van der Waals surface area contributed by atoms with E-state index in [1.165, 1.54) is 0 Å². The van der Waals surface area contributed by atoms with E-state index in [1.807, 2.05) is 0 Å². The van der Waals surface area contributed by atoms with Crippen molar-refractivity contribution in [3.63, 3.8) is 0 Å². The third-order valence-corrected chi connectivity index (χ3v) is 4.31. The molecule has 0 aromatic rings. The van der Waals surface area contributed by atoms with Gasteiger partial charge in [-0.15, -0.1) is 0 Å². The van der Waals surface area contributed by atoms with E-state index >= 15 is 0 Å². The highest BCUT2D eigenvalue weighted by atomic mass is 32.2. The molecule has 2 heterocycles. The van der Waals surface area contributed by atoms with Gasteiger partial charge in [-0.25, -0.2) is 0 Å². The van der Waals surface area contributed by atoms with Gasteiger partial charge in [-0.1, -0.05) is 0 Å². The number of piperazine rings is 1. The van der Waals surface area contributed by atoms with Gasteiger partial charge in [-0.3, -0.25) is 14.3 Å². The summed E-state index contributed by atoms with van der Waals surface area (Å²) in [6, 6.07) is 0. The fraction of sp³-hybridized carbons (Fsp3) is 1.00. The van der Waals surface area contributed by atoms with Gasteiger partial charge in [0.2, 0.25) is 6.35 Å². The molecule has 17 heavy (non-hydrogen) atoms. The van der Waals surface area contributed by atoms with E-state index in [9.17, 15) is 8.42 Å². The maximum Gasteiger partial charge on any atom is 0.265 e. The average Bonchev–Trinajstić information content (AvgIpc) is 3.00. The predicted molar refractivity (Wildman–Crippen MR) is 61.4 cm³/mol. The first kappa shape index (κ1) is 13.2. The van der Waals surface area contributed by atoms with E-state index in [-0.39, 0.29) is 12.1 Å². The van der Waals surface area contributed by atoms with E-state index in [0.717, 1.165) is 37.2 Å². The minimum absolute atomic E-state index is 0.0848.